The molecule has 0 unspecified atom stereocenters. The van der Waals surface area contributed by atoms with E-state index in [4.69, 9.17) is 0 Å². The van der Waals surface area contributed by atoms with Gasteiger partial charge in [-0.2, -0.15) is 5.10 Å². The van der Waals surface area contributed by atoms with Crippen molar-refractivity contribution >= 4 is 11.4 Å². The third-order valence-electron chi connectivity index (χ3n) is 2.96. The number of nitrogens with one attached hydrogen (secondary N) is 2. The van der Waals surface area contributed by atoms with Crippen LogP contribution in [-0.2, 0) is 0 Å². The summed E-state index contributed by atoms with van der Waals surface area (Å²) in [6.45, 7) is 2.81. The third kappa shape index (κ3) is 1.72. The molecular formula is C14H14N4. The molecule has 3 heterocycles. The number of pyridine rings is 1. The van der Waals surface area contributed by atoms with E-state index in [1.54, 1.807) is 6.20 Å². The van der Waals surface area contributed by atoms with Crippen LogP contribution < -0.4 is 10.7 Å². The number of nitrogens with zero attached hydrogens (tertiary/aromatic N) is 2. The van der Waals surface area contributed by atoms with Crippen molar-refractivity contribution in [1.29, 1.82) is 0 Å². The van der Waals surface area contributed by atoms with Crippen molar-refractivity contribution < 1.29 is 0 Å². The average Bonchev–Trinajstić information content (AvgIpc) is 2.47. The van der Waals surface area contributed by atoms with Gasteiger partial charge in [0.2, 0.25) is 0 Å². The number of fused-ring (bicyclic) bond motifs is 1. The molecule has 90 valence electrons. The summed E-state index contributed by atoms with van der Waals surface area (Å²) in [5, 5.41) is 7.72. The lowest BCUT2D eigenvalue weighted by Crippen LogP contribution is -2.29. The molecular weight excluding hydrogens is 224 g/mol. The molecule has 0 aromatic carbocycles. The highest BCUT2D eigenvalue weighted by Crippen LogP contribution is 2.22. The molecule has 18 heavy (non-hydrogen) atoms. The molecule has 4 heteroatoms. The van der Waals surface area contributed by atoms with E-state index in [1.807, 2.05) is 31.2 Å². The van der Waals surface area contributed by atoms with Gasteiger partial charge in [-0.3, -0.25) is 10.4 Å². The predicted molar refractivity (Wildman–Crippen MR) is 72.8 cm³/mol. The van der Waals surface area contributed by atoms with E-state index >= 15 is 0 Å². The molecule has 1 aromatic rings. The molecule has 0 amide bonds. The van der Waals surface area contributed by atoms with Gasteiger partial charge in [0.05, 0.1) is 11.4 Å². The molecule has 4 nitrogen and oxygen atoms in total. The molecule has 2 N–H and O–H groups in total. The van der Waals surface area contributed by atoms with E-state index in [2.05, 4.69) is 33.0 Å². The minimum absolute atomic E-state index is 0.823. The zero-order valence-electron chi connectivity index (χ0n) is 10.1. The van der Waals surface area contributed by atoms with Gasteiger partial charge in [0.1, 0.15) is 11.4 Å². The molecule has 3 rings (SSSR count). The monoisotopic (exact) mass is 238 g/mol. The number of hydrogen-bond acceptors (Lipinski definition) is 4. The summed E-state index contributed by atoms with van der Waals surface area (Å²) in [7, 11) is 0. The van der Waals surface area contributed by atoms with Gasteiger partial charge < -0.3 is 5.32 Å². The number of aromatic nitrogens is 1. The lowest BCUT2D eigenvalue weighted by atomic mass is 10.0. The maximum atomic E-state index is 4.46. The van der Waals surface area contributed by atoms with Gasteiger partial charge in [-0.1, -0.05) is 18.2 Å². The Balaban J connectivity index is 2.11. The van der Waals surface area contributed by atoms with Crippen molar-refractivity contribution in [2.75, 3.05) is 6.54 Å². The molecule has 0 saturated carbocycles. The smallest absolute Gasteiger partial charge is 0.133 e. The van der Waals surface area contributed by atoms with Crippen molar-refractivity contribution in [2.45, 2.75) is 6.92 Å². The minimum Gasteiger partial charge on any atom is -0.380 e. The van der Waals surface area contributed by atoms with Crippen LogP contribution in [0.4, 0.5) is 0 Å². The lowest BCUT2D eigenvalue weighted by Gasteiger charge is -2.21. The second kappa shape index (κ2) is 4.49. The first-order valence-electron chi connectivity index (χ1n) is 5.97. The van der Waals surface area contributed by atoms with Gasteiger partial charge in [0.25, 0.3) is 0 Å². The highest BCUT2D eigenvalue weighted by Gasteiger charge is 2.21. The summed E-state index contributed by atoms with van der Waals surface area (Å²) >= 11 is 0. The zero-order chi connectivity index (χ0) is 12.4. The average molecular weight is 238 g/mol. The fourth-order valence-electron chi connectivity index (χ4n) is 2.07. The van der Waals surface area contributed by atoms with Crippen LogP contribution in [0.3, 0.4) is 0 Å². The van der Waals surface area contributed by atoms with Crippen LogP contribution in [-0.4, -0.2) is 17.2 Å². The summed E-state index contributed by atoms with van der Waals surface area (Å²) in [5.74, 6) is 0. The van der Waals surface area contributed by atoms with Crippen molar-refractivity contribution in [3.63, 3.8) is 0 Å². The summed E-state index contributed by atoms with van der Waals surface area (Å²) < 4.78 is 0. The van der Waals surface area contributed by atoms with E-state index in [0.29, 0.717) is 0 Å². The zero-order valence-corrected chi connectivity index (χ0v) is 10.1. The van der Waals surface area contributed by atoms with Crippen LogP contribution in [0.5, 0.6) is 0 Å². The van der Waals surface area contributed by atoms with Crippen LogP contribution in [0, 0.1) is 0 Å². The molecule has 0 fully saturated rings. The molecule has 1 aromatic heterocycles. The van der Waals surface area contributed by atoms with Gasteiger partial charge in [0, 0.05) is 18.3 Å². The lowest BCUT2D eigenvalue weighted by molar-refractivity contribution is 0.904. The summed E-state index contributed by atoms with van der Waals surface area (Å²) in [4.78, 5) is 4.46. The number of rotatable bonds is 1. The quantitative estimate of drug-likeness (QED) is 0.784. The minimum atomic E-state index is 0.823. The Morgan fingerprint density at radius 1 is 1.39 bits per heavy atom. The van der Waals surface area contributed by atoms with E-state index < -0.39 is 0 Å². The highest BCUT2D eigenvalue weighted by molar-refractivity contribution is 6.14. The van der Waals surface area contributed by atoms with Crippen LogP contribution in [0.1, 0.15) is 18.2 Å². The summed E-state index contributed by atoms with van der Waals surface area (Å²) in [6, 6.07) is 3.99. The maximum Gasteiger partial charge on any atom is 0.133 e. The first kappa shape index (κ1) is 10.8. The Morgan fingerprint density at radius 2 is 2.33 bits per heavy atom. The Hall–Kier alpha value is -2.36. The van der Waals surface area contributed by atoms with Crippen LogP contribution in [0.15, 0.2) is 53.4 Å². The Bertz CT molecular complexity index is 594. The maximum absolute atomic E-state index is 4.46. The topological polar surface area (TPSA) is 49.3 Å². The highest BCUT2D eigenvalue weighted by atomic mass is 15.3. The molecule has 2 aliphatic rings. The van der Waals surface area contributed by atoms with Gasteiger partial charge in [-0.15, -0.1) is 0 Å². The first-order chi connectivity index (χ1) is 8.90. The fourth-order valence-corrected chi connectivity index (χ4v) is 2.07. The van der Waals surface area contributed by atoms with E-state index in [-0.39, 0.29) is 0 Å². The molecule has 0 spiro atoms. The molecule has 0 aliphatic carbocycles. The Labute approximate surface area is 106 Å². The molecule has 0 bridgehead atoms. The number of hydrogen-bond donors (Lipinski definition) is 2. The van der Waals surface area contributed by atoms with Crippen molar-refractivity contribution in [2.24, 2.45) is 5.10 Å². The number of hydrazone groups is 1. The normalized spacial score (nSPS) is 19.5. The van der Waals surface area contributed by atoms with Gasteiger partial charge in [0.15, 0.2) is 0 Å². The number of allylic oxidation sites excluding steroid dienone is 4. The van der Waals surface area contributed by atoms with Gasteiger partial charge in [-0.25, -0.2) is 0 Å². The third-order valence-corrected chi connectivity index (χ3v) is 2.96. The second-order valence-corrected chi connectivity index (χ2v) is 4.06. The molecule has 0 radical (unpaired) electrons. The predicted octanol–water partition coefficient (Wildman–Crippen LogP) is 1.79. The standard InChI is InChI=1S/C14H14N4/c1-2-11-10-6-5-9-16-13(10)14(18-17-11)12-7-3-4-8-15-12/h2-7,9,15,17H,8H2,1H3. The Morgan fingerprint density at radius 3 is 3.11 bits per heavy atom. The largest absolute Gasteiger partial charge is 0.380 e. The molecule has 2 aliphatic heterocycles. The van der Waals surface area contributed by atoms with Crippen molar-refractivity contribution in [1.82, 2.24) is 15.7 Å². The summed E-state index contributed by atoms with van der Waals surface area (Å²) in [6.07, 6.45) is 9.91. The first-order valence-corrected chi connectivity index (χ1v) is 5.97. The van der Waals surface area contributed by atoms with E-state index in [0.717, 1.165) is 34.9 Å². The van der Waals surface area contributed by atoms with Crippen molar-refractivity contribution in [3.8, 4) is 0 Å². The van der Waals surface area contributed by atoms with E-state index in [1.165, 1.54) is 0 Å². The van der Waals surface area contributed by atoms with Gasteiger partial charge >= 0.3 is 0 Å². The Kier molecular flexibility index (Phi) is 2.68. The van der Waals surface area contributed by atoms with Crippen LogP contribution in [0.25, 0.3) is 5.70 Å². The van der Waals surface area contributed by atoms with Crippen LogP contribution in [0.2, 0.25) is 0 Å². The SMILES string of the molecule is CC=C1NN=C(C2=CC=CCN2)c2ncccc21. The molecule has 0 saturated heterocycles. The number of dihydropyridines is 1. The fraction of sp³-hybridized carbons (Fsp3) is 0.143. The van der Waals surface area contributed by atoms with Gasteiger partial charge in [-0.05, 0) is 25.1 Å². The van der Waals surface area contributed by atoms with Crippen molar-refractivity contribution in [3.05, 3.63) is 59.6 Å². The van der Waals surface area contributed by atoms with Crippen LogP contribution >= 0.6 is 0 Å². The molecule has 0 atom stereocenters. The second-order valence-electron chi connectivity index (χ2n) is 4.06. The van der Waals surface area contributed by atoms with E-state index in [9.17, 15) is 0 Å². The summed E-state index contributed by atoms with van der Waals surface area (Å²) in [5.41, 5.74) is 7.93.